The van der Waals surface area contributed by atoms with Crippen molar-refractivity contribution in [3.05, 3.63) is 94.8 Å². The second-order valence-corrected chi connectivity index (χ2v) is 6.85. The van der Waals surface area contributed by atoms with Crippen molar-refractivity contribution in [3.8, 4) is 0 Å². The van der Waals surface area contributed by atoms with Crippen molar-refractivity contribution in [3.63, 3.8) is 0 Å². The van der Waals surface area contributed by atoms with E-state index in [1.807, 2.05) is 40.9 Å². The third-order valence-electron chi connectivity index (χ3n) is 4.93. The first-order chi connectivity index (χ1) is 14.7. The summed E-state index contributed by atoms with van der Waals surface area (Å²) in [5.74, 6) is 1.18. The minimum Gasteiger partial charge on any atom is -0.469 e. The maximum absolute atomic E-state index is 13.0. The summed E-state index contributed by atoms with van der Waals surface area (Å²) in [6.07, 6.45) is 5.68. The Bertz CT molecular complexity index is 1390. The van der Waals surface area contributed by atoms with Crippen LogP contribution in [0.4, 0.5) is 0 Å². The number of hydrogen-bond acceptors (Lipinski definition) is 5. The largest absolute Gasteiger partial charge is 0.469 e. The van der Waals surface area contributed by atoms with Gasteiger partial charge >= 0.3 is 0 Å². The Morgan fingerprint density at radius 2 is 1.93 bits per heavy atom. The molecule has 0 unspecified atom stereocenters. The highest BCUT2D eigenvalue weighted by Gasteiger charge is 2.15. The fraction of sp³-hybridized carbons (Fsp3) is 0.136. The highest BCUT2D eigenvalue weighted by Crippen LogP contribution is 2.16. The molecule has 5 rings (SSSR count). The summed E-state index contributed by atoms with van der Waals surface area (Å²) in [6.45, 7) is 0.606. The van der Waals surface area contributed by atoms with E-state index in [4.69, 9.17) is 8.83 Å². The predicted molar refractivity (Wildman–Crippen MR) is 110 cm³/mol. The summed E-state index contributed by atoms with van der Waals surface area (Å²) < 4.78 is 14.3. The van der Waals surface area contributed by atoms with Gasteiger partial charge in [0.05, 0.1) is 18.3 Å². The van der Waals surface area contributed by atoms with Gasteiger partial charge in [-0.25, -0.2) is 4.98 Å². The van der Waals surface area contributed by atoms with Crippen LogP contribution in [0.1, 0.15) is 22.1 Å². The summed E-state index contributed by atoms with van der Waals surface area (Å²) in [6, 6.07) is 14.3. The lowest BCUT2D eigenvalue weighted by atomic mass is 10.3. The van der Waals surface area contributed by atoms with Gasteiger partial charge in [-0.3, -0.25) is 14.2 Å². The molecule has 0 radical (unpaired) electrons. The topological polar surface area (TPSA) is 94.7 Å². The van der Waals surface area contributed by atoms with Crippen molar-refractivity contribution in [2.45, 2.75) is 13.0 Å². The van der Waals surface area contributed by atoms with Crippen molar-refractivity contribution in [1.82, 2.24) is 19.3 Å². The zero-order chi connectivity index (χ0) is 20.5. The van der Waals surface area contributed by atoms with Crippen LogP contribution in [-0.4, -0.2) is 26.4 Å². The van der Waals surface area contributed by atoms with E-state index in [2.05, 4.69) is 10.3 Å². The number of fused-ring (bicyclic) bond motifs is 3. The number of amides is 1. The van der Waals surface area contributed by atoms with Gasteiger partial charge in [-0.05, 0) is 48.5 Å². The SMILES string of the molecule is O=C(NCCc1ccco1)c1ccc(Cn2c(=O)c3cccn3c3cccnc32)o1. The summed E-state index contributed by atoms with van der Waals surface area (Å²) in [5, 5.41) is 2.80. The molecule has 0 bridgehead atoms. The van der Waals surface area contributed by atoms with Crippen LogP contribution in [0, 0.1) is 0 Å². The average Bonchev–Trinajstić information content (AvgIpc) is 3.53. The Balaban J connectivity index is 1.38. The number of furan rings is 2. The van der Waals surface area contributed by atoms with Gasteiger partial charge in [0.1, 0.15) is 17.0 Å². The van der Waals surface area contributed by atoms with Crippen LogP contribution < -0.4 is 10.9 Å². The van der Waals surface area contributed by atoms with Crippen LogP contribution in [0.2, 0.25) is 0 Å². The first-order valence-corrected chi connectivity index (χ1v) is 9.54. The second-order valence-electron chi connectivity index (χ2n) is 6.85. The van der Waals surface area contributed by atoms with Crippen molar-refractivity contribution < 1.29 is 13.6 Å². The number of hydrogen-bond donors (Lipinski definition) is 1. The van der Waals surface area contributed by atoms with E-state index in [9.17, 15) is 9.59 Å². The highest BCUT2D eigenvalue weighted by molar-refractivity contribution is 5.91. The number of pyridine rings is 1. The molecule has 1 amide bonds. The number of nitrogens with zero attached hydrogens (tertiary/aromatic N) is 3. The molecule has 0 aliphatic heterocycles. The van der Waals surface area contributed by atoms with Crippen molar-refractivity contribution in [2.75, 3.05) is 6.54 Å². The van der Waals surface area contributed by atoms with Crippen molar-refractivity contribution >= 4 is 22.6 Å². The Kier molecular flexibility index (Phi) is 4.44. The first kappa shape index (κ1) is 18.0. The van der Waals surface area contributed by atoms with Gasteiger partial charge in [-0.2, -0.15) is 0 Å². The number of carbonyl (C=O) groups is 1. The molecule has 5 heterocycles. The summed E-state index contributed by atoms with van der Waals surface area (Å²) in [4.78, 5) is 29.7. The Labute approximate surface area is 170 Å². The predicted octanol–water partition coefficient (Wildman–Crippen LogP) is 2.86. The van der Waals surface area contributed by atoms with Gasteiger partial charge in [0.25, 0.3) is 11.5 Å². The van der Waals surface area contributed by atoms with Gasteiger partial charge < -0.3 is 18.6 Å². The lowest BCUT2D eigenvalue weighted by molar-refractivity contribution is 0.0924. The standard InChI is InChI=1S/C22H18N4O4/c27-21(24-11-9-15-4-3-13-29-15)19-8-7-16(30-19)14-26-20-17(5-1-10-23-20)25-12-2-6-18(25)22(26)28/h1-8,10,12-13H,9,11,14H2,(H,24,27). The van der Waals surface area contributed by atoms with Crippen molar-refractivity contribution in [2.24, 2.45) is 0 Å². The molecule has 0 saturated carbocycles. The third-order valence-corrected chi connectivity index (χ3v) is 4.93. The van der Waals surface area contributed by atoms with Gasteiger partial charge in [0, 0.05) is 25.4 Å². The van der Waals surface area contributed by atoms with E-state index < -0.39 is 0 Å². The van der Waals surface area contributed by atoms with Crippen LogP contribution in [0.15, 0.2) is 80.8 Å². The minimum absolute atomic E-state index is 0.174. The van der Waals surface area contributed by atoms with Gasteiger partial charge in [0.2, 0.25) is 0 Å². The van der Waals surface area contributed by atoms with Gasteiger partial charge in [0.15, 0.2) is 11.4 Å². The first-order valence-electron chi connectivity index (χ1n) is 9.54. The number of aromatic nitrogens is 3. The molecule has 1 N–H and O–H groups in total. The number of carbonyl (C=O) groups excluding carboxylic acids is 1. The molecule has 5 aromatic rings. The number of rotatable bonds is 6. The molecule has 0 spiro atoms. The van der Waals surface area contributed by atoms with E-state index in [1.165, 1.54) is 0 Å². The molecule has 0 saturated heterocycles. The van der Waals surface area contributed by atoms with E-state index in [-0.39, 0.29) is 23.8 Å². The van der Waals surface area contributed by atoms with Gasteiger partial charge in [-0.1, -0.05) is 0 Å². The fourth-order valence-electron chi connectivity index (χ4n) is 3.51. The normalized spacial score (nSPS) is 11.3. The van der Waals surface area contributed by atoms with E-state index in [0.29, 0.717) is 29.9 Å². The lowest BCUT2D eigenvalue weighted by Crippen LogP contribution is -2.25. The van der Waals surface area contributed by atoms with E-state index in [0.717, 1.165) is 11.3 Å². The monoisotopic (exact) mass is 402 g/mol. The molecule has 0 fully saturated rings. The molecule has 8 nitrogen and oxygen atoms in total. The van der Waals surface area contributed by atoms with Crippen LogP contribution in [0.3, 0.4) is 0 Å². The van der Waals surface area contributed by atoms with Gasteiger partial charge in [-0.15, -0.1) is 0 Å². The molecule has 0 aliphatic carbocycles. The average molecular weight is 402 g/mol. The van der Waals surface area contributed by atoms with Crippen molar-refractivity contribution in [1.29, 1.82) is 0 Å². The van der Waals surface area contributed by atoms with Crippen LogP contribution in [0.5, 0.6) is 0 Å². The zero-order valence-corrected chi connectivity index (χ0v) is 15.9. The zero-order valence-electron chi connectivity index (χ0n) is 15.9. The fourth-order valence-corrected chi connectivity index (χ4v) is 3.51. The third kappa shape index (κ3) is 3.18. The number of nitrogens with one attached hydrogen (secondary N) is 1. The van der Waals surface area contributed by atoms with Crippen LogP contribution >= 0.6 is 0 Å². The smallest absolute Gasteiger partial charge is 0.287 e. The summed E-state index contributed by atoms with van der Waals surface area (Å²) in [7, 11) is 0. The highest BCUT2D eigenvalue weighted by atomic mass is 16.4. The second kappa shape index (κ2) is 7.40. The minimum atomic E-state index is -0.315. The van der Waals surface area contributed by atoms with Crippen LogP contribution in [-0.2, 0) is 13.0 Å². The summed E-state index contributed by atoms with van der Waals surface area (Å²) >= 11 is 0. The van der Waals surface area contributed by atoms with E-state index in [1.54, 1.807) is 35.2 Å². The molecule has 30 heavy (non-hydrogen) atoms. The maximum Gasteiger partial charge on any atom is 0.287 e. The van der Waals surface area contributed by atoms with E-state index >= 15 is 0 Å². The molecule has 8 heteroatoms. The molecular weight excluding hydrogens is 384 g/mol. The molecule has 5 aromatic heterocycles. The molecular formula is C22H18N4O4. The quantitative estimate of drug-likeness (QED) is 0.471. The van der Waals surface area contributed by atoms with Crippen LogP contribution in [0.25, 0.3) is 16.7 Å². The lowest BCUT2D eigenvalue weighted by Gasteiger charge is -2.10. The summed E-state index contributed by atoms with van der Waals surface area (Å²) in [5.41, 5.74) is 1.75. The Morgan fingerprint density at radius 1 is 1.03 bits per heavy atom. The molecule has 0 aliphatic rings. The molecule has 0 atom stereocenters. The molecule has 150 valence electrons. The Morgan fingerprint density at radius 3 is 2.80 bits per heavy atom. The molecule has 0 aromatic carbocycles. The Hall–Kier alpha value is -4.07. The maximum atomic E-state index is 13.0.